The molecule has 1 aromatic carbocycles. The molecule has 21 heavy (non-hydrogen) atoms. The van der Waals surface area contributed by atoms with Gasteiger partial charge >= 0.3 is 6.09 Å². The van der Waals surface area contributed by atoms with Crippen molar-refractivity contribution in [1.29, 1.82) is 0 Å². The van der Waals surface area contributed by atoms with E-state index in [0.717, 1.165) is 5.56 Å². The van der Waals surface area contributed by atoms with Gasteiger partial charge in [-0.2, -0.15) is 0 Å². The molecule has 0 radical (unpaired) electrons. The molecular weight excluding hydrogens is 290 g/mol. The van der Waals surface area contributed by atoms with Gasteiger partial charge in [0.25, 0.3) is 0 Å². The minimum atomic E-state index is -0.549. The second kappa shape index (κ2) is 7.27. The van der Waals surface area contributed by atoms with Gasteiger partial charge in [0.1, 0.15) is 6.61 Å². The lowest BCUT2D eigenvalue weighted by Gasteiger charge is -2.33. The van der Waals surface area contributed by atoms with Crippen molar-refractivity contribution in [3.8, 4) is 0 Å². The van der Waals surface area contributed by atoms with Crippen LogP contribution in [0.25, 0.3) is 0 Å². The lowest BCUT2D eigenvalue weighted by atomic mass is 9.98. The van der Waals surface area contributed by atoms with E-state index in [0.29, 0.717) is 24.4 Å². The summed E-state index contributed by atoms with van der Waals surface area (Å²) in [5.74, 6) is 0.0136. The van der Waals surface area contributed by atoms with E-state index in [1.807, 2.05) is 30.3 Å². The van der Waals surface area contributed by atoms with Gasteiger partial charge < -0.3 is 4.74 Å². The van der Waals surface area contributed by atoms with Crippen LogP contribution in [0.1, 0.15) is 24.8 Å². The van der Waals surface area contributed by atoms with Crippen molar-refractivity contribution >= 4 is 23.5 Å². The summed E-state index contributed by atoms with van der Waals surface area (Å²) in [5.41, 5.74) is 0.910. The van der Waals surface area contributed by atoms with Crippen molar-refractivity contribution in [2.24, 2.45) is 0 Å². The Balaban J connectivity index is 1.98. The molecule has 0 aromatic heterocycles. The van der Waals surface area contributed by atoms with Crippen LogP contribution in [-0.2, 0) is 16.1 Å². The molecular formula is C16H18ClNO3. The zero-order valence-corrected chi connectivity index (χ0v) is 12.5. The molecule has 0 N–H and O–H groups in total. The van der Waals surface area contributed by atoms with Gasteiger partial charge in [-0.25, -0.2) is 4.79 Å². The SMILES string of the molecule is C=C(Cl)CC1C(=O)CCCN1C(=O)OCc1ccccc1. The summed E-state index contributed by atoms with van der Waals surface area (Å²) >= 11 is 5.79. The molecule has 0 spiro atoms. The van der Waals surface area contributed by atoms with Crippen LogP contribution in [-0.4, -0.2) is 29.4 Å². The summed E-state index contributed by atoms with van der Waals surface area (Å²) in [6, 6.07) is 8.88. The van der Waals surface area contributed by atoms with Crippen LogP contribution in [0.5, 0.6) is 0 Å². The summed E-state index contributed by atoms with van der Waals surface area (Å²) in [6.07, 6.45) is 0.928. The maximum atomic E-state index is 12.2. The van der Waals surface area contributed by atoms with Crippen LogP contribution in [0.15, 0.2) is 41.9 Å². The van der Waals surface area contributed by atoms with Crippen molar-refractivity contribution in [1.82, 2.24) is 4.90 Å². The Kier molecular flexibility index (Phi) is 5.39. The number of carbonyl (C=O) groups is 2. The predicted molar refractivity (Wildman–Crippen MR) is 81.0 cm³/mol. The predicted octanol–water partition coefficient (Wildman–Crippen LogP) is 3.50. The quantitative estimate of drug-likeness (QED) is 0.855. The lowest BCUT2D eigenvalue weighted by molar-refractivity contribution is -0.126. The van der Waals surface area contributed by atoms with Gasteiger partial charge in [-0.1, -0.05) is 48.5 Å². The van der Waals surface area contributed by atoms with E-state index in [1.54, 1.807) is 0 Å². The highest BCUT2D eigenvalue weighted by atomic mass is 35.5. The van der Waals surface area contributed by atoms with E-state index in [9.17, 15) is 9.59 Å². The van der Waals surface area contributed by atoms with Crippen LogP contribution in [0.3, 0.4) is 0 Å². The zero-order chi connectivity index (χ0) is 15.2. The lowest BCUT2D eigenvalue weighted by Crippen LogP contribution is -2.49. The third kappa shape index (κ3) is 4.33. The molecule has 0 saturated carbocycles. The van der Waals surface area contributed by atoms with Crippen molar-refractivity contribution in [3.05, 3.63) is 47.5 Å². The molecule has 1 unspecified atom stereocenters. The van der Waals surface area contributed by atoms with Gasteiger partial charge in [0.15, 0.2) is 5.78 Å². The van der Waals surface area contributed by atoms with E-state index in [4.69, 9.17) is 16.3 Å². The number of Topliss-reactive ketones (excluding diaryl/α,β-unsaturated/α-hetero) is 1. The van der Waals surface area contributed by atoms with Crippen molar-refractivity contribution in [3.63, 3.8) is 0 Å². The summed E-state index contributed by atoms with van der Waals surface area (Å²) in [4.78, 5) is 25.6. The summed E-state index contributed by atoms with van der Waals surface area (Å²) in [5, 5.41) is 0.371. The first-order valence-electron chi connectivity index (χ1n) is 6.91. The van der Waals surface area contributed by atoms with E-state index in [2.05, 4.69) is 6.58 Å². The second-order valence-corrected chi connectivity index (χ2v) is 5.58. The number of nitrogens with zero attached hydrogens (tertiary/aromatic N) is 1. The maximum Gasteiger partial charge on any atom is 0.410 e. The Morgan fingerprint density at radius 2 is 2.10 bits per heavy atom. The fraction of sp³-hybridized carbons (Fsp3) is 0.375. The van der Waals surface area contributed by atoms with Crippen molar-refractivity contribution < 1.29 is 14.3 Å². The van der Waals surface area contributed by atoms with Gasteiger partial charge in [0.2, 0.25) is 0 Å². The largest absolute Gasteiger partial charge is 0.445 e. The van der Waals surface area contributed by atoms with Crippen LogP contribution in [0, 0.1) is 0 Å². The molecule has 1 saturated heterocycles. The molecule has 0 bridgehead atoms. The van der Waals surface area contributed by atoms with Crippen LogP contribution in [0.2, 0.25) is 0 Å². The van der Waals surface area contributed by atoms with Gasteiger partial charge in [-0.05, 0) is 12.0 Å². The molecule has 1 aromatic rings. The van der Waals surface area contributed by atoms with E-state index in [-0.39, 0.29) is 18.8 Å². The van der Waals surface area contributed by atoms with Crippen molar-refractivity contribution in [2.45, 2.75) is 31.9 Å². The number of hydrogen-bond acceptors (Lipinski definition) is 3. The molecule has 1 atom stereocenters. The molecule has 0 aliphatic carbocycles. The summed E-state index contributed by atoms with van der Waals surface area (Å²) < 4.78 is 5.29. The smallest absolute Gasteiger partial charge is 0.410 e. The number of halogens is 1. The fourth-order valence-corrected chi connectivity index (χ4v) is 2.52. The Morgan fingerprint density at radius 1 is 1.38 bits per heavy atom. The summed E-state index contributed by atoms with van der Waals surface area (Å²) in [6.45, 7) is 4.31. The Bertz CT molecular complexity index is 530. The number of likely N-dealkylation sites (tertiary alicyclic amines) is 1. The molecule has 1 fully saturated rings. The standard InChI is InChI=1S/C16H18ClNO3/c1-12(17)10-14-15(19)8-5-9-18(14)16(20)21-11-13-6-3-2-4-7-13/h2-4,6-7,14H,1,5,8-11H2. The number of benzene rings is 1. The molecule has 5 heteroatoms. The monoisotopic (exact) mass is 307 g/mol. The number of ether oxygens (including phenoxy) is 1. The van der Waals surface area contributed by atoms with Crippen molar-refractivity contribution in [2.75, 3.05) is 6.54 Å². The first kappa shape index (κ1) is 15.6. The van der Waals surface area contributed by atoms with Gasteiger partial charge in [0, 0.05) is 24.4 Å². The molecule has 4 nitrogen and oxygen atoms in total. The average molecular weight is 308 g/mol. The second-order valence-electron chi connectivity index (χ2n) is 5.04. The summed E-state index contributed by atoms with van der Waals surface area (Å²) in [7, 11) is 0. The number of amides is 1. The highest BCUT2D eigenvalue weighted by Crippen LogP contribution is 2.22. The van der Waals surface area contributed by atoms with Gasteiger partial charge in [-0.15, -0.1) is 0 Å². The highest BCUT2D eigenvalue weighted by Gasteiger charge is 2.33. The number of carbonyl (C=O) groups excluding carboxylic acids is 2. The van der Waals surface area contributed by atoms with Crippen LogP contribution < -0.4 is 0 Å². The molecule has 112 valence electrons. The molecule has 1 heterocycles. The Hall–Kier alpha value is -1.81. The highest BCUT2D eigenvalue weighted by molar-refractivity contribution is 6.29. The van der Waals surface area contributed by atoms with E-state index >= 15 is 0 Å². The van der Waals surface area contributed by atoms with E-state index in [1.165, 1.54) is 4.90 Å². The first-order chi connectivity index (χ1) is 10.1. The number of ketones is 1. The average Bonchev–Trinajstić information content (AvgIpc) is 2.47. The maximum absolute atomic E-state index is 12.2. The Morgan fingerprint density at radius 3 is 2.76 bits per heavy atom. The third-order valence-corrected chi connectivity index (χ3v) is 3.58. The topological polar surface area (TPSA) is 46.6 Å². The molecule has 1 amide bonds. The normalized spacial score (nSPS) is 18.4. The van der Waals surface area contributed by atoms with Gasteiger partial charge in [-0.3, -0.25) is 9.69 Å². The van der Waals surface area contributed by atoms with Crippen LogP contribution >= 0.6 is 11.6 Å². The first-order valence-corrected chi connectivity index (χ1v) is 7.29. The molecule has 1 aliphatic heterocycles. The Labute approximate surface area is 129 Å². The fourth-order valence-electron chi connectivity index (χ4n) is 2.37. The minimum absolute atomic E-state index is 0.0136. The number of piperidine rings is 1. The number of hydrogen-bond donors (Lipinski definition) is 0. The molecule has 1 aliphatic rings. The molecule has 2 rings (SSSR count). The van der Waals surface area contributed by atoms with E-state index < -0.39 is 12.1 Å². The van der Waals surface area contributed by atoms with Gasteiger partial charge in [0.05, 0.1) is 6.04 Å². The van der Waals surface area contributed by atoms with Crippen LogP contribution in [0.4, 0.5) is 4.79 Å². The third-order valence-electron chi connectivity index (χ3n) is 3.42. The number of rotatable bonds is 4. The minimum Gasteiger partial charge on any atom is -0.445 e. The zero-order valence-electron chi connectivity index (χ0n) is 11.8.